The smallest absolute Gasteiger partial charge is 0.289 e. The van der Waals surface area contributed by atoms with E-state index in [0.29, 0.717) is 17.1 Å². The average molecular weight is 370 g/mol. The highest BCUT2D eigenvalue weighted by Gasteiger charge is 2.13. The lowest BCUT2D eigenvalue weighted by atomic mass is 10.1. The standard InChI is InChI=1S/C22H18N4O2/c1-28-21-12-5-4-11-18(21)19-13-20(25-24-19)22(27)26-23-14-16-9-6-8-15-7-2-3-10-17(15)16/h2-14H,1H3,(H,24,25)(H,26,27). The second-order valence-corrected chi connectivity index (χ2v) is 6.13. The molecule has 0 aliphatic rings. The summed E-state index contributed by atoms with van der Waals surface area (Å²) in [5, 5.41) is 13.2. The van der Waals surface area contributed by atoms with E-state index in [2.05, 4.69) is 20.7 Å². The van der Waals surface area contributed by atoms with E-state index < -0.39 is 0 Å². The van der Waals surface area contributed by atoms with E-state index in [1.165, 1.54) is 0 Å². The molecule has 138 valence electrons. The van der Waals surface area contributed by atoms with Crippen LogP contribution in [-0.2, 0) is 0 Å². The van der Waals surface area contributed by atoms with Crippen molar-refractivity contribution in [3.05, 3.63) is 84.1 Å². The van der Waals surface area contributed by atoms with E-state index >= 15 is 0 Å². The predicted octanol–water partition coefficient (Wildman–Crippen LogP) is 4.00. The van der Waals surface area contributed by atoms with Crippen LogP contribution in [0.2, 0.25) is 0 Å². The van der Waals surface area contributed by atoms with Crippen molar-refractivity contribution in [1.29, 1.82) is 0 Å². The maximum absolute atomic E-state index is 12.4. The van der Waals surface area contributed by atoms with Crippen molar-refractivity contribution in [1.82, 2.24) is 15.6 Å². The Morgan fingerprint density at radius 2 is 1.86 bits per heavy atom. The molecule has 0 radical (unpaired) electrons. The molecule has 0 aliphatic carbocycles. The summed E-state index contributed by atoms with van der Waals surface area (Å²) in [5.74, 6) is 0.320. The van der Waals surface area contributed by atoms with Crippen molar-refractivity contribution in [2.75, 3.05) is 7.11 Å². The number of aromatic nitrogens is 2. The fourth-order valence-corrected chi connectivity index (χ4v) is 3.02. The maximum atomic E-state index is 12.4. The Balaban J connectivity index is 1.50. The Labute approximate surface area is 161 Å². The summed E-state index contributed by atoms with van der Waals surface area (Å²) in [6.07, 6.45) is 1.64. The molecule has 0 atom stereocenters. The SMILES string of the molecule is COc1ccccc1-c1cc(C(=O)NN=Cc2cccc3ccccc23)[nH]n1. The first-order chi connectivity index (χ1) is 13.8. The summed E-state index contributed by atoms with van der Waals surface area (Å²) < 4.78 is 5.34. The van der Waals surface area contributed by atoms with Crippen molar-refractivity contribution < 1.29 is 9.53 Å². The minimum atomic E-state index is -0.370. The van der Waals surface area contributed by atoms with Gasteiger partial charge in [0.05, 0.1) is 19.0 Å². The Hall–Kier alpha value is -3.93. The summed E-state index contributed by atoms with van der Waals surface area (Å²) in [6.45, 7) is 0. The Morgan fingerprint density at radius 3 is 2.75 bits per heavy atom. The van der Waals surface area contributed by atoms with Crippen LogP contribution in [-0.4, -0.2) is 29.4 Å². The zero-order chi connectivity index (χ0) is 19.3. The van der Waals surface area contributed by atoms with Gasteiger partial charge in [-0.25, -0.2) is 5.43 Å². The molecule has 6 heteroatoms. The van der Waals surface area contributed by atoms with E-state index in [9.17, 15) is 4.79 Å². The normalized spacial score (nSPS) is 11.0. The lowest BCUT2D eigenvalue weighted by Crippen LogP contribution is -2.18. The van der Waals surface area contributed by atoms with Crippen LogP contribution in [0.5, 0.6) is 5.75 Å². The number of rotatable bonds is 5. The molecule has 6 nitrogen and oxygen atoms in total. The number of aromatic amines is 1. The van der Waals surface area contributed by atoms with Gasteiger partial charge in [0, 0.05) is 11.1 Å². The number of nitrogens with zero attached hydrogens (tertiary/aromatic N) is 2. The van der Waals surface area contributed by atoms with Gasteiger partial charge in [0.2, 0.25) is 0 Å². The number of nitrogens with one attached hydrogen (secondary N) is 2. The highest BCUT2D eigenvalue weighted by atomic mass is 16.5. The van der Waals surface area contributed by atoms with Crippen LogP contribution >= 0.6 is 0 Å². The third kappa shape index (κ3) is 3.48. The van der Waals surface area contributed by atoms with Gasteiger partial charge in [0.15, 0.2) is 0 Å². The zero-order valence-electron chi connectivity index (χ0n) is 15.2. The van der Waals surface area contributed by atoms with Gasteiger partial charge >= 0.3 is 0 Å². The van der Waals surface area contributed by atoms with Crippen LogP contribution < -0.4 is 10.2 Å². The molecular weight excluding hydrogens is 352 g/mol. The first-order valence-corrected chi connectivity index (χ1v) is 8.76. The Bertz CT molecular complexity index is 1160. The number of carbonyl (C=O) groups is 1. The predicted molar refractivity (Wildman–Crippen MR) is 110 cm³/mol. The molecule has 1 amide bonds. The molecule has 4 rings (SSSR count). The topological polar surface area (TPSA) is 79.4 Å². The van der Waals surface area contributed by atoms with Gasteiger partial charge in [0.25, 0.3) is 5.91 Å². The molecule has 1 heterocycles. The minimum Gasteiger partial charge on any atom is -0.496 e. The third-order valence-corrected chi connectivity index (χ3v) is 4.40. The number of para-hydroxylation sites is 1. The van der Waals surface area contributed by atoms with E-state index in [4.69, 9.17) is 4.74 Å². The number of hydrogen-bond donors (Lipinski definition) is 2. The molecule has 0 spiro atoms. The van der Waals surface area contributed by atoms with Crippen LogP contribution in [0.15, 0.2) is 77.9 Å². The molecule has 4 aromatic rings. The molecule has 0 fully saturated rings. The van der Waals surface area contributed by atoms with Gasteiger partial charge < -0.3 is 4.74 Å². The summed E-state index contributed by atoms with van der Waals surface area (Å²) in [4.78, 5) is 12.4. The van der Waals surface area contributed by atoms with Crippen LogP contribution in [0, 0.1) is 0 Å². The van der Waals surface area contributed by atoms with Crippen molar-refractivity contribution >= 4 is 22.9 Å². The van der Waals surface area contributed by atoms with Gasteiger partial charge in [-0.15, -0.1) is 0 Å². The van der Waals surface area contributed by atoms with Crippen LogP contribution in [0.3, 0.4) is 0 Å². The number of carbonyl (C=O) groups excluding carboxylic acids is 1. The van der Waals surface area contributed by atoms with Crippen LogP contribution in [0.4, 0.5) is 0 Å². The number of hydrogen-bond acceptors (Lipinski definition) is 4. The summed E-state index contributed by atoms with van der Waals surface area (Å²) >= 11 is 0. The summed E-state index contributed by atoms with van der Waals surface area (Å²) in [7, 11) is 1.60. The van der Waals surface area contributed by atoms with Crippen molar-refractivity contribution in [2.45, 2.75) is 0 Å². The third-order valence-electron chi connectivity index (χ3n) is 4.40. The molecule has 1 aromatic heterocycles. The first kappa shape index (κ1) is 17.5. The minimum absolute atomic E-state index is 0.316. The quantitative estimate of drug-likeness (QED) is 0.412. The number of methoxy groups -OCH3 is 1. The number of fused-ring (bicyclic) bond motifs is 1. The van der Waals surface area contributed by atoms with Gasteiger partial charge in [-0.1, -0.05) is 54.6 Å². The lowest BCUT2D eigenvalue weighted by molar-refractivity contribution is 0.0950. The maximum Gasteiger partial charge on any atom is 0.289 e. The highest BCUT2D eigenvalue weighted by molar-refractivity contribution is 6.00. The van der Waals surface area contributed by atoms with Gasteiger partial charge in [-0.2, -0.15) is 10.2 Å². The second-order valence-electron chi connectivity index (χ2n) is 6.13. The largest absolute Gasteiger partial charge is 0.496 e. The molecule has 0 aliphatic heterocycles. The molecular formula is C22H18N4O2. The fourth-order valence-electron chi connectivity index (χ4n) is 3.02. The number of ether oxygens (including phenoxy) is 1. The fraction of sp³-hybridized carbons (Fsp3) is 0.0455. The lowest BCUT2D eigenvalue weighted by Gasteiger charge is -2.04. The number of hydrazone groups is 1. The summed E-state index contributed by atoms with van der Waals surface area (Å²) in [5.41, 5.74) is 5.21. The molecule has 0 bridgehead atoms. The Morgan fingerprint density at radius 1 is 1.07 bits per heavy atom. The highest BCUT2D eigenvalue weighted by Crippen LogP contribution is 2.28. The molecule has 28 heavy (non-hydrogen) atoms. The van der Waals surface area contributed by atoms with E-state index in [-0.39, 0.29) is 5.91 Å². The van der Waals surface area contributed by atoms with Crippen LogP contribution in [0.25, 0.3) is 22.0 Å². The van der Waals surface area contributed by atoms with E-state index in [0.717, 1.165) is 21.9 Å². The molecule has 0 unspecified atom stereocenters. The van der Waals surface area contributed by atoms with Gasteiger partial charge in [-0.05, 0) is 29.0 Å². The monoisotopic (exact) mass is 370 g/mol. The van der Waals surface area contributed by atoms with Gasteiger partial charge in [-0.3, -0.25) is 9.89 Å². The van der Waals surface area contributed by atoms with Crippen molar-refractivity contribution in [3.63, 3.8) is 0 Å². The molecule has 0 saturated carbocycles. The number of amides is 1. The Kier molecular flexibility index (Phi) is 4.84. The summed E-state index contributed by atoms with van der Waals surface area (Å²) in [6, 6.07) is 23.1. The van der Waals surface area contributed by atoms with Crippen LogP contribution in [0.1, 0.15) is 16.1 Å². The molecule has 3 aromatic carbocycles. The van der Waals surface area contributed by atoms with E-state index in [1.807, 2.05) is 66.7 Å². The zero-order valence-corrected chi connectivity index (χ0v) is 15.2. The number of H-pyrrole nitrogens is 1. The second kappa shape index (κ2) is 7.75. The average Bonchev–Trinajstić information content (AvgIpc) is 3.24. The number of benzene rings is 3. The molecule has 2 N–H and O–H groups in total. The molecule has 0 saturated heterocycles. The van der Waals surface area contributed by atoms with E-state index in [1.54, 1.807) is 19.4 Å². The van der Waals surface area contributed by atoms with Gasteiger partial charge in [0.1, 0.15) is 11.4 Å². The van der Waals surface area contributed by atoms with Crippen molar-refractivity contribution in [3.8, 4) is 17.0 Å². The first-order valence-electron chi connectivity index (χ1n) is 8.76. The van der Waals surface area contributed by atoms with Crippen molar-refractivity contribution in [2.24, 2.45) is 5.10 Å².